The molecule has 0 atom stereocenters. The Bertz CT molecular complexity index is 604. The van der Waals surface area contributed by atoms with Gasteiger partial charge in [0.15, 0.2) is 5.78 Å². The lowest BCUT2D eigenvalue weighted by Crippen LogP contribution is -2.15. The van der Waals surface area contributed by atoms with E-state index < -0.39 is 11.5 Å². The number of rotatable bonds is 1. The first-order chi connectivity index (χ1) is 7.08. The number of ketones is 1. The number of nitrogens with zero attached hydrogens (tertiary/aromatic N) is 1. The third kappa shape index (κ3) is 1.63. The van der Waals surface area contributed by atoms with Crippen molar-refractivity contribution in [2.75, 3.05) is 0 Å². The molecule has 15 heavy (non-hydrogen) atoms. The zero-order valence-corrected chi connectivity index (χ0v) is 7.87. The van der Waals surface area contributed by atoms with Crippen LogP contribution in [0.5, 0.6) is 0 Å². The van der Waals surface area contributed by atoms with Crippen LogP contribution in [0.1, 0.15) is 17.4 Å². The number of nitrogens with one attached hydrogen (secondary N) is 1. The van der Waals surface area contributed by atoms with Gasteiger partial charge in [-0.3, -0.25) is 4.79 Å². The summed E-state index contributed by atoms with van der Waals surface area (Å²) in [7, 11) is 0. The van der Waals surface area contributed by atoms with Crippen molar-refractivity contribution in [3.8, 4) is 0 Å². The van der Waals surface area contributed by atoms with Crippen LogP contribution in [0.25, 0.3) is 10.9 Å². The fourth-order valence-electron chi connectivity index (χ4n) is 1.39. The number of hydrogen-bond acceptors (Lipinski definition) is 3. The van der Waals surface area contributed by atoms with Gasteiger partial charge in [-0.05, 0) is 18.2 Å². The van der Waals surface area contributed by atoms with Crippen molar-refractivity contribution in [1.29, 1.82) is 0 Å². The van der Waals surface area contributed by atoms with Crippen molar-refractivity contribution in [1.82, 2.24) is 9.97 Å². The van der Waals surface area contributed by atoms with Crippen molar-refractivity contribution in [3.63, 3.8) is 0 Å². The molecule has 1 N–H and O–H groups in total. The molecule has 1 aromatic heterocycles. The van der Waals surface area contributed by atoms with Crippen LogP contribution in [0.15, 0.2) is 23.0 Å². The van der Waals surface area contributed by atoms with Gasteiger partial charge in [-0.2, -0.15) is 4.98 Å². The second-order valence-corrected chi connectivity index (χ2v) is 3.14. The topological polar surface area (TPSA) is 62.8 Å². The van der Waals surface area contributed by atoms with Crippen LogP contribution in [-0.4, -0.2) is 15.8 Å². The van der Waals surface area contributed by atoms with E-state index in [0.717, 1.165) is 0 Å². The normalized spacial score (nSPS) is 10.5. The molecular formula is C10H7FN2O2. The molecule has 0 amide bonds. The minimum Gasteiger partial charge on any atom is -0.305 e. The number of hydrogen-bond donors (Lipinski definition) is 1. The summed E-state index contributed by atoms with van der Waals surface area (Å²) in [6.45, 7) is 1.28. The number of carbonyl (C=O) groups is 1. The lowest BCUT2D eigenvalue weighted by molar-refractivity contribution is 0.101. The van der Waals surface area contributed by atoms with Crippen LogP contribution >= 0.6 is 0 Å². The van der Waals surface area contributed by atoms with Crippen LogP contribution < -0.4 is 5.69 Å². The van der Waals surface area contributed by atoms with Gasteiger partial charge in [-0.1, -0.05) is 0 Å². The Morgan fingerprint density at radius 1 is 1.47 bits per heavy atom. The molecule has 1 heterocycles. The zero-order valence-electron chi connectivity index (χ0n) is 7.87. The molecule has 0 saturated carbocycles. The molecule has 0 aliphatic rings. The van der Waals surface area contributed by atoms with Crippen molar-refractivity contribution in [2.45, 2.75) is 6.92 Å². The maximum atomic E-state index is 12.9. The summed E-state index contributed by atoms with van der Waals surface area (Å²) >= 11 is 0. The maximum absolute atomic E-state index is 12.9. The molecule has 2 aromatic rings. The van der Waals surface area contributed by atoms with Gasteiger partial charge in [0.25, 0.3) is 0 Å². The number of Topliss-reactive ketones (excluding diaryl/α,β-unsaturated/α-hetero) is 1. The maximum Gasteiger partial charge on any atom is 0.346 e. The third-order valence-corrected chi connectivity index (χ3v) is 2.03. The molecule has 0 saturated heterocycles. The summed E-state index contributed by atoms with van der Waals surface area (Å²) in [5, 5.41) is 0.321. The van der Waals surface area contributed by atoms with Gasteiger partial charge in [0.05, 0.1) is 5.52 Å². The molecule has 5 heteroatoms. The average Bonchev–Trinajstić information content (AvgIpc) is 2.17. The van der Waals surface area contributed by atoms with Crippen LogP contribution in [-0.2, 0) is 0 Å². The predicted octanol–water partition coefficient (Wildman–Crippen LogP) is 1.26. The Morgan fingerprint density at radius 3 is 2.87 bits per heavy atom. The number of carbonyl (C=O) groups excluding carboxylic acids is 1. The second kappa shape index (κ2) is 3.27. The second-order valence-electron chi connectivity index (χ2n) is 3.14. The highest BCUT2D eigenvalue weighted by Gasteiger charge is 2.09. The molecule has 0 aliphatic carbocycles. The molecule has 76 valence electrons. The molecule has 1 aromatic carbocycles. The monoisotopic (exact) mass is 206 g/mol. The Morgan fingerprint density at radius 2 is 2.20 bits per heavy atom. The standard InChI is InChI=1S/C10H7FN2O2/c1-5(14)9-7-4-6(11)2-3-8(7)12-10(15)13-9/h2-4H,1H3,(H,12,13,15). The summed E-state index contributed by atoms with van der Waals surface area (Å²) in [6, 6.07) is 3.79. The largest absolute Gasteiger partial charge is 0.346 e. The van der Waals surface area contributed by atoms with E-state index in [4.69, 9.17) is 0 Å². The van der Waals surface area contributed by atoms with E-state index in [1.165, 1.54) is 25.1 Å². The molecular weight excluding hydrogens is 199 g/mol. The lowest BCUT2D eigenvalue weighted by Gasteiger charge is -2.01. The Labute approximate surface area is 83.8 Å². The van der Waals surface area contributed by atoms with Gasteiger partial charge in [-0.25, -0.2) is 9.18 Å². The Balaban J connectivity index is 2.94. The highest BCUT2D eigenvalue weighted by molar-refractivity contribution is 6.03. The molecule has 0 unspecified atom stereocenters. The minimum atomic E-state index is -0.612. The first-order valence-corrected chi connectivity index (χ1v) is 4.28. The molecule has 0 fully saturated rings. The van der Waals surface area contributed by atoms with Gasteiger partial charge in [0, 0.05) is 12.3 Å². The smallest absolute Gasteiger partial charge is 0.305 e. The molecule has 0 radical (unpaired) electrons. The molecule has 4 nitrogen and oxygen atoms in total. The van der Waals surface area contributed by atoms with E-state index >= 15 is 0 Å². The van der Waals surface area contributed by atoms with Crippen molar-refractivity contribution < 1.29 is 9.18 Å². The van der Waals surface area contributed by atoms with Crippen LogP contribution in [0.4, 0.5) is 4.39 Å². The number of aromatic amines is 1. The number of fused-ring (bicyclic) bond motifs is 1. The SMILES string of the molecule is CC(=O)c1nc(=O)[nH]c2ccc(F)cc12. The number of H-pyrrole nitrogens is 1. The number of aromatic nitrogens is 2. The predicted molar refractivity (Wildman–Crippen MR) is 52.3 cm³/mol. The highest BCUT2D eigenvalue weighted by Crippen LogP contribution is 2.15. The third-order valence-electron chi connectivity index (χ3n) is 2.03. The quantitative estimate of drug-likeness (QED) is 0.714. The molecule has 0 bridgehead atoms. The van der Waals surface area contributed by atoms with E-state index in [-0.39, 0.29) is 11.5 Å². The summed E-state index contributed by atoms with van der Waals surface area (Å²) in [5.41, 5.74) is -0.214. The van der Waals surface area contributed by atoms with Crippen molar-refractivity contribution >= 4 is 16.7 Å². The van der Waals surface area contributed by atoms with E-state index in [1.54, 1.807) is 0 Å². The van der Waals surface area contributed by atoms with Gasteiger partial charge in [0.1, 0.15) is 11.5 Å². The Hall–Kier alpha value is -2.04. The Kier molecular flexibility index (Phi) is 2.07. The summed E-state index contributed by atoms with van der Waals surface area (Å²) in [6.07, 6.45) is 0. The van der Waals surface area contributed by atoms with E-state index in [1.807, 2.05) is 0 Å². The van der Waals surface area contributed by atoms with Gasteiger partial charge in [-0.15, -0.1) is 0 Å². The summed E-state index contributed by atoms with van der Waals surface area (Å²) < 4.78 is 12.9. The minimum absolute atomic E-state index is 0.00625. The van der Waals surface area contributed by atoms with Crippen LogP contribution in [0, 0.1) is 5.82 Å². The van der Waals surface area contributed by atoms with Gasteiger partial charge in [0.2, 0.25) is 0 Å². The number of benzene rings is 1. The lowest BCUT2D eigenvalue weighted by atomic mass is 10.1. The first kappa shape index (κ1) is 9.51. The highest BCUT2D eigenvalue weighted by atomic mass is 19.1. The summed E-state index contributed by atoms with van der Waals surface area (Å²) in [4.78, 5) is 28.2. The van der Waals surface area contributed by atoms with E-state index in [0.29, 0.717) is 10.9 Å². The van der Waals surface area contributed by atoms with Crippen LogP contribution in [0.3, 0.4) is 0 Å². The first-order valence-electron chi connectivity index (χ1n) is 4.28. The molecule has 0 spiro atoms. The fraction of sp³-hybridized carbons (Fsp3) is 0.100. The molecule has 2 rings (SSSR count). The number of halogens is 1. The zero-order chi connectivity index (χ0) is 11.0. The van der Waals surface area contributed by atoms with Crippen LogP contribution in [0.2, 0.25) is 0 Å². The summed E-state index contributed by atoms with van der Waals surface area (Å²) in [5.74, 6) is -0.837. The average molecular weight is 206 g/mol. The van der Waals surface area contributed by atoms with Crippen molar-refractivity contribution in [2.24, 2.45) is 0 Å². The van der Waals surface area contributed by atoms with Crippen molar-refractivity contribution in [3.05, 3.63) is 40.2 Å². The van der Waals surface area contributed by atoms with E-state index in [9.17, 15) is 14.0 Å². The van der Waals surface area contributed by atoms with E-state index in [2.05, 4.69) is 9.97 Å². The fourth-order valence-corrected chi connectivity index (χ4v) is 1.39. The van der Waals surface area contributed by atoms with Gasteiger partial charge >= 0.3 is 5.69 Å². The van der Waals surface area contributed by atoms with Gasteiger partial charge < -0.3 is 4.98 Å². The molecule has 0 aliphatic heterocycles.